The molecule has 1 amide bonds. The number of hydrogen-bond acceptors (Lipinski definition) is 9. The van der Waals surface area contributed by atoms with Gasteiger partial charge in [-0.1, -0.05) is 0 Å². The van der Waals surface area contributed by atoms with E-state index in [1.807, 2.05) is 0 Å². The first-order valence-electron chi connectivity index (χ1n) is 13.7. The summed E-state index contributed by atoms with van der Waals surface area (Å²) in [6, 6.07) is 2.21. The number of nitrogens with zero attached hydrogens (tertiary/aromatic N) is 5. The van der Waals surface area contributed by atoms with Crippen molar-refractivity contribution >= 4 is 23.5 Å². The van der Waals surface area contributed by atoms with Crippen LogP contribution >= 0.6 is 0 Å². The Bertz CT molecular complexity index is 1430. The van der Waals surface area contributed by atoms with E-state index in [-0.39, 0.29) is 48.8 Å². The van der Waals surface area contributed by atoms with E-state index in [1.165, 1.54) is 16.8 Å². The maximum absolute atomic E-state index is 14.9. The van der Waals surface area contributed by atoms with Crippen molar-refractivity contribution in [2.75, 3.05) is 18.1 Å². The topological polar surface area (TPSA) is 120 Å². The maximum atomic E-state index is 14.9. The number of amides is 1. The van der Waals surface area contributed by atoms with Crippen LogP contribution < -0.4 is 15.0 Å². The molecule has 11 nitrogen and oxygen atoms in total. The second kappa shape index (κ2) is 11.5. The van der Waals surface area contributed by atoms with E-state index in [9.17, 15) is 18.4 Å². The van der Waals surface area contributed by atoms with Crippen molar-refractivity contribution in [3.8, 4) is 5.88 Å². The SMILES string of the molecule is CCOC(=O)c1cnn2ccc(N3C[C@@H](F)C[C@@H]3c3cc(F)cnc3O[C@@H]3CC[C@H](NC(=O)OC(C)(C)C)C3)nc12. The molecule has 0 unspecified atom stereocenters. The Kier molecular flexibility index (Phi) is 7.96. The smallest absolute Gasteiger partial charge is 0.407 e. The zero-order chi connectivity index (χ0) is 29.3. The van der Waals surface area contributed by atoms with E-state index in [1.54, 1.807) is 44.9 Å². The Morgan fingerprint density at radius 3 is 2.76 bits per heavy atom. The Morgan fingerprint density at radius 1 is 1.20 bits per heavy atom. The van der Waals surface area contributed by atoms with Crippen LogP contribution in [0.25, 0.3) is 5.65 Å². The summed E-state index contributed by atoms with van der Waals surface area (Å²) in [5.41, 5.74) is 0.249. The van der Waals surface area contributed by atoms with Crippen molar-refractivity contribution < 1.29 is 32.6 Å². The third kappa shape index (κ3) is 6.49. The van der Waals surface area contributed by atoms with Gasteiger partial charge in [0, 0.05) is 30.6 Å². The summed E-state index contributed by atoms with van der Waals surface area (Å²) in [7, 11) is 0. The minimum Gasteiger partial charge on any atom is -0.474 e. The number of halogens is 2. The number of rotatable bonds is 7. The fourth-order valence-electron chi connectivity index (χ4n) is 5.29. The second-order valence-electron chi connectivity index (χ2n) is 11.3. The molecule has 13 heteroatoms. The summed E-state index contributed by atoms with van der Waals surface area (Å²) in [5, 5.41) is 7.02. The van der Waals surface area contributed by atoms with Crippen molar-refractivity contribution in [2.24, 2.45) is 0 Å². The van der Waals surface area contributed by atoms with Crippen molar-refractivity contribution in [2.45, 2.75) is 83.3 Å². The summed E-state index contributed by atoms with van der Waals surface area (Å²) in [6.45, 7) is 7.30. The van der Waals surface area contributed by atoms with Gasteiger partial charge in [0.2, 0.25) is 5.88 Å². The highest BCUT2D eigenvalue weighted by molar-refractivity contribution is 5.95. The van der Waals surface area contributed by atoms with Crippen LogP contribution in [0.4, 0.5) is 19.4 Å². The van der Waals surface area contributed by atoms with Gasteiger partial charge in [-0.3, -0.25) is 0 Å². The Morgan fingerprint density at radius 2 is 2.00 bits per heavy atom. The van der Waals surface area contributed by atoms with Crippen molar-refractivity contribution in [3.05, 3.63) is 47.7 Å². The first-order valence-corrected chi connectivity index (χ1v) is 13.7. The summed E-state index contributed by atoms with van der Waals surface area (Å²) in [4.78, 5) is 35.1. The summed E-state index contributed by atoms with van der Waals surface area (Å²) >= 11 is 0. The maximum Gasteiger partial charge on any atom is 0.407 e. The fraction of sp³-hybridized carbons (Fsp3) is 0.536. The molecule has 2 fully saturated rings. The van der Waals surface area contributed by atoms with Crippen LogP contribution in [0.5, 0.6) is 5.88 Å². The molecule has 0 aromatic carbocycles. The van der Waals surface area contributed by atoms with Crippen LogP contribution in [0.1, 0.15) is 75.3 Å². The number of nitrogens with one attached hydrogen (secondary N) is 1. The van der Waals surface area contributed by atoms with Crippen LogP contribution in [-0.4, -0.2) is 68.7 Å². The number of esters is 1. The normalized spacial score (nSPS) is 22.6. The lowest BCUT2D eigenvalue weighted by Crippen LogP contribution is -2.38. The number of carbonyl (C=O) groups excluding carboxylic acids is 2. The monoisotopic (exact) mass is 572 g/mol. The minimum absolute atomic E-state index is 0.0119. The molecular weight excluding hydrogens is 538 g/mol. The zero-order valence-corrected chi connectivity index (χ0v) is 23.5. The number of alkyl carbamates (subject to hydrolysis) is 1. The number of alkyl halides is 1. The van der Waals surface area contributed by atoms with Gasteiger partial charge < -0.3 is 24.4 Å². The van der Waals surface area contributed by atoms with E-state index < -0.39 is 35.7 Å². The molecular formula is C28H34F2N6O5. The molecule has 3 aromatic rings. The largest absolute Gasteiger partial charge is 0.474 e. The van der Waals surface area contributed by atoms with Gasteiger partial charge in [-0.2, -0.15) is 5.10 Å². The molecule has 1 aliphatic carbocycles. The molecule has 4 heterocycles. The number of aromatic nitrogens is 4. The van der Waals surface area contributed by atoms with Gasteiger partial charge in [-0.25, -0.2) is 32.9 Å². The molecule has 2 aliphatic rings. The van der Waals surface area contributed by atoms with Gasteiger partial charge in [0.25, 0.3) is 0 Å². The number of carbonyl (C=O) groups is 2. The number of anilines is 1. The number of hydrogen-bond donors (Lipinski definition) is 1. The second-order valence-corrected chi connectivity index (χ2v) is 11.3. The van der Waals surface area contributed by atoms with E-state index in [0.717, 1.165) is 6.20 Å². The van der Waals surface area contributed by atoms with Crippen molar-refractivity contribution in [1.82, 2.24) is 24.9 Å². The average Bonchev–Trinajstić information content (AvgIpc) is 3.62. The molecule has 0 spiro atoms. The number of ether oxygens (including phenoxy) is 3. The van der Waals surface area contributed by atoms with Gasteiger partial charge >= 0.3 is 12.1 Å². The van der Waals surface area contributed by atoms with E-state index in [2.05, 4.69) is 20.4 Å². The molecule has 1 saturated heterocycles. The summed E-state index contributed by atoms with van der Waals surface area (Å²) < 4.78 is 47.5. The van der Waals surface area contributed by atoms with Crippen molar-refractivity contribution in [1.29, 1.82) is 0 Å². The average molecular weight is 573 g/mol. The highest BCUT2D eigenvalue weighted by Gasteiger charge is 2.38. The lowest BCUT2D eigenvalue weighted by atomic mass is 10.1. The zero-order valence-electron chi connectivity index (χ0n) is 23.5. The predicted octanol–water partition coefficient (Wildman–Crippen LogP) is 4.55. The van der Waals surface area contributed by atoms with Crippen LogP contribution in [0.3, 0.4) is 0 Å². The summed E-state index contributed by atoms with van der Waals surface area (Å²) in [6.07, 6.45) is 4.01. The molecule has 1 saturated carbocycles. The highest BCUT2D eigenvalue weighted by Crippen LogP contribution is 2.41. The molecule has 1 N–H and O–H groups in total. The highest BCUT2D eigenvalue weighted by atomic mass is 19.1. The quantitative estimate of drug-likeness (QED) is 0.407. The Labute approximate surface area is 236 Å². The number of fused-ring (bicyclic) bond motifs is 1. The van der Waals surface area contributed by atoms with E-state index in [4.69, 9.17) is 14.2 Å². The predicted molar refractivity (Wildman–Crippen MR) is 144 cm³/mol. The lowest BCUT2D eigenvalue weighted by molar-refractivity contribution is 0.0498. The lowest BCUT2D eigenvalue weighted by Gasteiger charge is -2.27. The third-order valence-corrected chi connectivity index (χ3v) is 6.98. The Hall–Kier alpha value is -4.03. The first kappa shape index (κ1) is 28.5. The van der Waals surface area contributed by atoms with Gasteiger partial charge in [0.05, 0.1) is 31.6 Å². The van der Waals surface area contributed by atoms with Crippen LogP contribution in [0.2, 0.25) is 0 Å². The molecule has 1 aliphatic heterocycles. The fourth-order valence-corrected chi connectivity index (χ4v) is 5.29. The van der Waals surface area contributed by atoms with Gasteiger partial charge in [0.1, 0.15) is 35.1 Å². The minimum atomic E-state index is -1.21. The van der Waals surface area contributed by atoms with Gasteiger partial charge in [0.15, 0.2) is 5.65 Å². The van der Waals surface area contributed by atoms with Crippen molar-refractivity contribution in [3.63, 3.8) is 0 Å². The molecule has 5 rings (SSSR count). The molecule has 0 radical (unpaired) electrons. The summed E-state index contributed by atoms with van der Waals surface area (Å²) in [5.74, 6) is -0.536. The molecule has 41 heavy (non-hydrogen) atoms. The molecule has 0 bridgehead atoms. The molecule has 4 atom stereocenters. The van der Waals surface area contributed by atoms with Gasteiger partial charge in [-0.05, 0) is 52.7 Å². The molecule has 3 aromatic heterocycles. The van der Waals surface area contributed by atoms with E-state index >= 15 is 0 Å². The first-order chi connectivity index (χ1) is 19.5. The van der Waals surface area contributed by atoms with Gasteiger partial charge in [-0.15, -0.1) is 0 Å². The number of pyridine rings is 1. The standard InChI is InChI=1S/C28H34F2N6O5/c1-5-39-26(37)21-14-32-36-9-8-23(34-24(21)36)35-15-17(30)11-22(35)20-10-16(29)13-31-25(20)40-19-7-6-18(12-19)33-27(38)41-28(2,3)4/h8-10,13-14,17-19,22H,5-7,11-12,15H2,1-4H3,(H,33,38)/t17-,18-,19+,22+/m0/s1. The van der Waals surface area contributed by atoms with Crippen LogP contribution in [-0.2, 0) is 9.47 Å². The Balaban J connectivity index is 1.37. The van der Waals surface area contributed by atoms with Crippen LogP contribution in [0, 0.1) is 5.82 Å². The van der Waals surface area contributed by atoms with Crippen LogP contribution in [0.15, 0.2) is 30.7 Å². The molecule has 220 valence electrons. The van der Waals surface area contributed by atoms with E-state index in [0.29, 0.717) is 30.6 Å². The third-order valence-electron chi connectivity index (χ3n) is 6.98.